The van der Waals surface area contributed by atoms with Gasteiger partial charge in [-0.3, -0.25) is 9.78 Å². The minimum atomic E-state index is -2.58. The van der Waals surface area contributed by atoms with E-state index in [0.717, 1.165) is 22.9 Å². The van der Waals surface area contributed by atoms with Crippen LogP contribution in [0.15, 0.2) is 30.5 Å². The number of hydrogen-bond acceptors (Lipinski definition) is 3. The predicted molar refractivity (Wildman–Crippen MR) is 73.5 cm³/mol. The Hall–Kier alpha value is -2.04. The third kappa shape index (κ3) is 2.35. The number of pyridine rings is 1. The first kappa shape index (κ1) is 13.0. The number of carbonyl (C=O) groups is 1. The molecular formula is C15H14F2N2O. The Labute approximate surface area is 115 Å². The number of piperidine rings is 1. The maximum Gasteiger partial charge on any atom is 0.251 e. The molecule has 0 atom stereocenters. The summed E-state index contributed by atoms with van der Waals surface area (Å²) in [5.74, 6) is -2.58. The predicted octanol–water partition coefficient (Wildman–Crippen LogP) is 3.28. The lowest BCUT2D eigenvalue weighted by Crippen LogP contribution is -2.39. The van der Waals surface area contributed by atoms with Crippen molar-refractivity contribution in [2.24, 2.45) is 0 Å². The molecule has 104 valence electrons. The van der Waals surface area contributed by atoms with Crippen LogP contribution in [0, 0.1) is 0 Å². The number of anilines is 1. The first-order chi connectivity index (χ1) is 9.59. The van der Waals surface area contributed by atoms with Crippen LogP contribution in [0.25, 0.3) is 10.9 Å². The monoisotopic (exact) mass is 276 g/mol. The fourth-order valence-corrected chi connectivity index (χ4v) is 2.58. The summed E-state index contributed by atoms with van der Waals surface area (Å²) in [5.41, 5.74) is 2.06. The third-order valence-electron chi connectivity index (χ3n) is 3.68. The number of halogens is 2. The summed E-state index contributed by atoms with van der Waals surface area (Å²) in [7, 11) is 0. The van der Waals surface area contributed by atoms with E-state index in [1.165, 1.54) is 0 Å². The maximum atomic E-state index is 13.3. The number of aromatic nitrogens is 1. The van der Waals surface area contributed by atoms with Gasteiger partial charge in [0.1, 0.15) is 6.29 Å². The van der Waals surface area contributed by atoms with Gasteiger partial charge in [-0.2, -0.15) is 0 Å². The number of rotatable bonds is 2. The highest BCUT2D eigenvalue weighted by Crippen LogP contribution is 2.33. The van der Waals surface area contributed by atoms with Crippen LogP contribution >= 0.6 is 0 Å². The lowest BCUT2D eigenvalue weighted by Gasteiger charge is -2.33. The molecule has 20 heavy (non-hydrogen) atoms. The number of aldehydes is 1. The van der Waals surface area contributed by atoms with Crippen LogP contribution in [0.5, 0.6) is 0 Å². The van der Waals surface area contributed by atoms with E-state index >= 15 is 0 Å². The average molecular weight is 276 g/mol. The number of hydrogen-bond donors (Lipinski definition) is 0. The molecule has 0 radical (unpaired) electrons. The molecule has 3 nitrogen and oxygen atoms in total. The molecule has 1 fully saturated rings. The molecule has 2 heterocycles. The quantitative estimate of drug-likeness (QED) is 0.789. The largest absolute Gasteiger partial charge is 0.369 e. The average Bonchev–Trinajstić information content (AvgIpc) is 2.46. The zero-order valence-corrected chi connectivity index (χ0v) is 10.9. The summed E-state index contributed by atoms with van der Waals surface area (Å²) in [6.07, 6.45) is 2.12. The van der Waals surface area contributed by atoms with Gasteiger partial charge >= 0.3 is 0 Å². The zero-order chi connectivity index (χ0) is 14.2. The van der Waals surface area contributed by atoms with Crippen LogP contribution in [0.3, 0.4) is 0 Å². The van der Waals surface area contributed by atoms with Gasteiger partial charge in [-0.15, -0.1) is 0 Å². The second-order valence-corrected chi connectivity index (χ2v) is 5.08. The maximum absolute atomic E-state index is 13.3. The van der Waals surface area contributed by atoms with Gasteiger partial charge in [0.25, 0.3) is 5.92 Å². The van der Waals surface area contributed by atoms with Gasteiger partial charge in [0.15, 0.2) is 0 Å². The highest BCUT2D eigenvalue weighted by molar-refractivity contribution is 5.96. The van der Waals surface area contributed by atoms with Gasteiger partial charge in [0.2, 0.25) is 0 Å². The number of fused-ring (bicyclic) bond motifs is 1. The fraction of sp³-hybridized carbons (Fsp3) is 0.333. The van der Waals surface area contributed by atoms with Crippen molar-refractivity contribution in [3.8, 4) is 0 Å². The fourth-order valence-electron chi connectivity index (χ4n) is 2.58. The number of alkyl halides is 2. The Morgan fingerprint density at radius 2 is 2.00 bits per heavy atom. The van der Waals surface area contributed by atoms with Crippen molar-refractivity contribution in [2.45, 2.75) is 18.8 Å². The van der Waals surface area contributed by atoms with Gasteiger partial charge in [0, 0.05) is 43.1 Å². The molecule has 0 spiro atoms. The van der Waals surface area contributed by atoms with Crippen LogP contribution in [0.2, 0.25) is 0 Å². The summed E-state index contributed by atoms with van der Waals surface area (Å²) >= 11 is 0. The van der Waals surface area contributed by atoms with Gasteiger partial charge in [-0.1, -0.05) is 6.07 Å². The lowest BCUT2D eigenvalue weighted by atomic mass is 10.0. The lowest BCUT2D eigenvalue weighted by molar-refractivity contribution is -0.0220. The van der Waals surface area contributed by atoms with E-state index in [9.17, 15) is 13.6 Å². The molecule has 1 saturated heterocycles. The van der Waals surface area contributed by atoms with E-state index in [4.69, 9.17) is 0 Å². The van der Waals surface area contributed by atoms with Crippen LogP contribution in [0.1, 0.15) is 23.2 Å². The van der Waals surface area contributed by atoms with Crippen molar-refractivity contribution in [3.63, 3.8) is 0 Å². The summed E-state index contributed by atoms with van der Waals surface area (Å²) in [6.45, 7) is 0.558. The highest BCUT2D eigenvalue weighted by Gasteiger charge is 2.34. The van der Waals surface area contributed by atoms with E-state index in [2.05, 4.69) is 4.98 Å². The van der Waals surface area contributed by atoms with Gasteiger partial charge < -0.3 is 4.90 Å². The molecule has 1 aliphatic rings. The second-order valence-electron chi connectivity index (χ2n) is 5.08. The summed E-state index contributed by atoms with van der Waals surface area (Å²) in [5, 5.41) is 0.851. The highest BCUT2D eigenvalue weighted by atomic mass is 19.3. The summed E-state index contributed by atoms with van der Waals surface area (Å²) in [4.78, 5) is 17.2. The van der Waals surface area contributed by atoms with Crippen molar-refractivity contribution in [2.75, 3.05) is 18.0 Å². The third-order valence-corrected chi connectivity index (χ3v) is 3.68. The second kappa shape index (κ2) is 4.81. The molecule has 0 saturated carbocycles. The van der Waals surface area contributed by atoms with E-state index in [1.807, 2.05) is 11.0 Å². The van der Waals surface area contributed by atoms with E-state index in [1.54, 1.807) is 24.4 Å². The van der Waals surface area contributed by atoms with Crippen molar-refractivity contribution in [1.82, 2.24) is 4.98 Å². The first-order valence-electron chi connectivity index (χ1n) is 6.56. The van der Waals surface area contributed by atoms with Gasteiger partial charge in [-0.05, 0) is 18.2 Å². The molecule has 0 bridgehead atoms. The SMILES string of the molecule is O=Cc1cc(N2CCC(F)(F)CC2)c2ncccc2c1. The molecular weight excluding hydrogens is 262 g/mol. The molecule has 1 aromatic heterocycles. The normalized spacial score (nSPS) is 18.2. The molecule has 3 rings (SSSR count). The molecule has 1 aromatic carbocycles. The molecule has 2 aromatic rings. The Balaban J connectivity index is 2.04. The Bertz CT molecular complexity index is 647. The Kier molecular flexibility index (Phi) is 3.12. The van der Waals surface area contributed by atoms with E-state index in [-0.39, 0.29) is 25.9 Å². The smallest absolute Gasteiger partial charge is 0.251 e. The van der Waals surface area contributed by atoms with E-state index in [0.29, 0.717) is 5.56 Å². The Morgan fingerprint density at radius 3 is 2.70 bits per heavy atom. The first-order valence-corrected chi connectivity index (χ1v) is 6.56. The molecule has 0 aliphatic carbocycles. The minimum Gasteiger partial charge on any atom is -0.369 e. The van der Waals surface area contributed by atoms with Crippen molar-refractivity contribution >= 4 is 22.9 Å². The van der Waals surface area contributed by atoms with Crippen LogP contribution in [-0.4, -0.2) is 30.3 Å². The Morgan fingerprint density at radius 1 is 1.25 bits per heavy atom. The van der Waals surface area contributed by atoms with Crippen molar-refractivity contribution in [1.29, 1.82) is 0 Å². The zero-order valence-electron chi connectivity index (χ0n) is 10.9. The topological polar surface area (TPSA) is 33.2 Å². The molecule has 0 amide bonds. The molecule has 5 heteroatoms. The minimum absolute atomic E-state index is 0.160. The molecule has 0 N–H and O–H groups in total. The number of carbonyl (C=O) groups excluding carboxylic acids is 1. The van der Waals surface area contributed by atoms with Crippen LogP contribution in [-0.2, 0) is 0 Å². The number of benzene rings is 1. The summed E-state index contributed by atoms with van der Waals surface area (Å²) in [6, 6.07) is 7.16. The standard InChI is InChI=1S/C15H14F2N2O/c16-15(17)3-6-19(7-4-15)13-9-11(10-20)8-12-2-1-5-18-14(12)13/h1-2,5,8-10H,3-4,6-7H2. The van der Waals surface area contributed by atoms with E-state index < -0.39 is 5.92 Å². The van der Waals surface area contributed by atoms with Gasteiger partial charge in [0.05, 0.1) is 11.2 Å². The van der Waals surface area contributed by atoms with Crippen molar-refractivity contribution in [3.05, 3.63) is 36.0 Å². The van der Waals surface area contributed by atoms with Crippen LogP contribution in [0.4, 0.5) is 14.5 Å². The molecule has 0 unspecified atom stereocenters. The number of nitrogens with zero attached hydrogens (tertiary/aromatic N) is 2. The summed E-state index contributed by atoms with van der Waals surface area (Å²) < 4.78 is 26.5. The van der Waals surface area contributed by atoms with Crippen LogP contribution < -0.4 is 4.90 Å². The molecule has 1 aliphatic heterocycles. The van der Waals surface area contributed by atoms with Crippen molar-refractivity contribution < 1.29 is 13.6 Å². The van der Waals surface area contributed by atoms with Gasteiger partial charge in [-0.25, -0.2) is 8.78 Å².